The molecule has 40 heavy (non-hydrogen) atoms. The molecule has 0 aromatic carbocycles. The first-order chi connectivity index (χ1) is 18.3. The molecule has 4 amide bonds. The summed E-state index contributed by atoms with van der Waals surface area (Å²) in [4.78, 5) is 65.9. The Balaban J connectivity index is 2.37. The number of carbonyl (C=O) groups is 5. The molecule has 0 radical (unpaired) electrons. The fourth-order valence-corrected chi connectivity index (χ4v) is 5.60. The minimum absolute atomic E-state index is 0.0460. The number of carbonyl (C=O) groups excluding carboxylic acids is 4. The van der Waals surface area contributed by atoms with Crippen molar-refractivity contribution in [1.82, 2.24) is 20.9 Å². The number of ketones is 1. The first-order valence-corrected chi connectivity index (χ1v) is 14.2. The number of amides is 4. The molecule has 228 valence electrons. The molecule has 2 unspecified atom stereocenters. The predicted octanol–water partition coefficient (Wildman–Crippen LogP) is 3.48. The molecule has 1 aliphatic carbocycles. The van der Waals surface area contributed by atoms with Crippen molar-refractivity contribution < 1.29 is 37.9 Å². The number of nitrogens with one attached hydrogen (secondary N) is 3. The molecule has 1 saturated heterocycles. The molecular formula is C28H46F2N4O6. The molecule has 10 nitrogen and oxygen atoms in total. The topological polar surface area (TPSA) is 145 Å². The summed E-state index contributed by atoms with van der Waals surface area (Å²) in [6.07, 6.45) is 2.20. The van der Waals surface area contributed by atoms with Gasteiger partial charge in [-0.25, -0.2) is 13.6 Å². The van der Waals surface area contributed by atoms with Gasteiger partial charge in [0.25, 0.3) is 5.91 Å². The molecular weight excluding hydrogens is 526 g/mol. The molecule has 1 saturated carbocycles. The van der Waals surface area contributed by atoms with Crippen LogP contribution in [0.2, 0.25) is 0 Å². The number of halogens is 2. The summed E-state index contributed by atoms with van der Waals surface area (Å²) in [6, 6.07) is -3.68. The number of carboxylic acid groups (broad SMARTS) is 1. The van der Waals surface area contributed by atoms with E-state index in [4.69, 9.17) is 0 Å². The Hall–Kier alpha value is -2.79. The van der Waals surface area contributed by atoms with Crippen LogP contribution in [0, 0.1) is 16.7 Å². The second-order valence-electron chi connectivity index (χ2n) is 13.1. The average molecular weight is 573 g/mol. The van der Waals surface area contributed by atoms with Crippen LogP contribution in [-0.4, -0.2) is 76.7 Å². The Morgan fingerprint density at radius 2 is 1.60 bits per heavy atom. The van der Waals surface area contributed by atoms with Gasteiger partial charge in [0.05, 0.1) is 6.04 Å². The summed E-state index contributed by atoms with van der Waals surface area (Å²) in [5, 5.41) is 16.7. The number of hydrogen-bond acceptors (Lipinski definition) is 5. The second kappa shape index (κ2) is 13.2. The number of nitrogens with zero attached hydrogens (tertiary/aromatic N) is 1. The molecule has 0 bridgehead atoms. The molecule has 2 rings (SSSR count). The molecule has 2 fully saturated rings. The van der Waals surface area contributed by atoms with Crippen molar-refractivity contribution in [3.05, 3.63) is 0 Å². The summed E-state index contributed by atoms with van der Waals surface area (Å²) in [5.41, 5.74) is -1.15. The molecule has 0 aromatic rings. The lowest BCUT2D eigenvalue weighted by Crippen LogP contribution is -2.59. The number of likely N-dealkylation sites (tertiary alicyclic amines) is 1. The van der Waals surface area contributed by atoms with Crippen molar-refractivity contribution in [2.45, 2.75) is 117 Å². The molecule has 0 aromatic heterocycles. The monoisotopic (exact) mass is 572 g/mol. The van der Waals surface area contributed by atoms with Crippen LogP contribution in [0.1, 0.15) is 92.9 Å². The van der Waals surface area contributed by atoms with Gasteiger partial charge < -0.3 is 26.0 Å². The Labute approximate surface area is 235 Å². The number of Topliss-reactive ketones (excluding diaryl/α,β-unsaturated/α-hetero) is 1. The third-order valence-corrected chi connectivity index (χ3v) is 7.79. The second-order valence-corrected chi connectivity index (χ2v) is 13.1. The maximum absolute atomic E-state index is 13.8. The fourth-order valence-electron chi connectivity index (χ4n) is 5.60. The van der Waals surface area contributed by atoms with E-state index in [2.05, 4.69) is 16.0 Å². The summed E-state index contributed by atoms with van der Waals surface area (Å²) >= 11 is 0. The summed E-state index contributed by atoms with van der Waals surface area (Å²) in [7, 11) is 0. The van der Waals surface area contributed by atoms with Gasteiger partial charge in [-0.1, -0.05) is 53.9 Å². The van der Waals surface area contributed by atoms with Gasteiger partial charge in [-0.3, -0.25) is 19.2 Å². The highest BCUT2D eigenvalue weighted by Gasteiger charge is 2.51. The molecule has 1 heterocycles. The zero-order chi connectivity index (χ0) is 30.5. The highest BCUT2D eigenvalue weighted by Crippen LogP contribution is 2.47. The molecule has 12 heteroatoms. The number of hydrogen-bond donors (Lipinski definition) is 4. The van der Waals surface area contributed by atoms with Crippen molar-refractivity contribution in [1.29, 1.82) is 0 Å². The first-order valence-electron chi connectivity index (χ1n) is 14.2. The van der Waals surface area contributed by atoms with Crippen molar-refractivity contribution in [2.24, 2.45) is 16.7 Å². The van der Waals surface area contributed by atoms with Gasteiger partial charge >= 0.3 is 6.09 Å². The van der Waals surface area contributed by atoms with Crippen LogP contribution >= 0.6 is 0 Å². The van der Waals surface area contributed by atoms with Crippen molar-refractivity contribution in [2.75, 3.05) is 13.1 Å². The van der Waals surface area contributed by atoms with E-state index in [1.54, 1.807) is 20.8 Å². The lowest BCUT2D eigenvalue weighted by atomic mass is 9.72. The third kappa shape index (κ3) is 9.40. The molecule has 3 atom stereocenters. The zero-order valence-corrected chi connectivity index (χ0v) is 24.6. The number of rotatable bonds is 11. The largest absolute Gasteiger partial charge is 0.465 e. The van der Waals surface area contributed by atoms with E-state index in [0.717, 1.165) is 32.1 Å². The van der Waals surface area contributed by atoms with E-state index < -0.39 is 71.9 Å². The number of alkyl halides is 2. The average Bonchev–Trinajstić information content (AvgIpc) is 3.20. The first kappa shape index (κ1) is 33.4. The van der Waals surface area contributed by atoms with Crippen LogP contribution in [0.15, 0.2) is 0 Å². The smallest absolute Gasteiger partial charge is 0.405 e. The van der Waals surface area contributed by atoms with Crippen LogP contribution in [-0.2, 0) is 19.2 Å². The lowest BCUT2D eigenvalue weighted by molar-refractivity contribution is -0.144. The van der Waals surface area contributed by atoms with Crippen molar-refractivity contribution >= 4 is 29.6 Å². The maximum atomic E-state index is 13.8. The van der Waals surface area contributed by atoms with Crippen LogP contribution in [0.25, 0.3) is 0 Å². The summed E-state index contributed by atoms with van der Waals surface area (Å²) in [5.74, 6) is -6.35. The highest BCUT2D eigenvalue weighted by atomic mass is 19.3. The Bertz CT molecular complexity index is 953. The SMILES string of the molecule is CC(C)CNC(=O)C(=O)C(CCC(C)(F)F)NC(=O)[C@@H]1CC2(CCCCC2)CN1C(=O)C(NC(=O)O)C(C)(C)C. The standard InChI is InChI=1S/C28H46F2N4O6/c1-17(2)15-31-23(37)20(35)18(10-13-27(6,29)30)32-22(36)19-14-28(11-8-7-9-12-28)16-34(19)24(38)21(26(3,4)5)33-25(39)40/h17-19,21,33H,7-16H2,1-6H3,(H,31,37)(H,32,36)(H,39,40)/t18?,19-,21?/m0/s1. The van der Waals surface area contributed by atoms with Gasteiger partial charge in [0.2, 0.25) is 23.5 Å². The van der Waals surface area contributed by atoms with E-state index in [0.29, 0.717) is 13.3 Å². The van der Waals surface area contributed by atoms with Gasteiger partial charge in [-0.2, -0.15) is 0 Å². The van der Waals surface area contributed by atoms with Gasteiger partial charge in [0.15, 0.2) is 0 Å². The summed E-state index contributed by atoms with van der Waals surface area (Å²) < 4.78 is 27.4. The lowest BCUT2D eigenvalue weighted by Gasteiger charge is -2.36. The fraction of sp³-hybridized carbons (Fsp3) is 0.821. The minimum Gasteiger partial charge on any atom is -0.465 e. The van der Waals surface area contributed by atoms with E-state index in [1.807, 2.05) is 13.8 Å². The maximum Gasteiger partial charge on any atom is 0.405 e. The van der Waals surface area contributed by atoms with E-state index in [9.17, 15) is 37.9 Å². The minimum atomic E-state index is -3.12. The third-order valence-electron chi connectivity index (χ3n) is 7.79. The highest BCUT2D eigenvalue weighted by molar-refractivity contribution is 6.38. The van der Waals surface area contributed by atoms with E-state index in [1.165, 1.54) is 4.90 Å². The van der Waals surface area contributed by atoms with Crippen LogP contribution in [0.5, 0.6) is 0 Å². The molecule has 4 N–H and O–H groups in total. The van der Waals surface area contributed by atoms with Gasteiger partial charge in [0, 0.05) is 19.5 Å². The Morgan fingerprint density at radius 1 is 1.00 bits per heavy atom. The van der Waals surface area contributed by atoms with Gasteiger partial charge in [-0.05, 0) is 49.4 Å². The van der Waals surface area contributed by atoms with Crippen LogP contribution < -0.4 is 16.0 Å². The van der Waals surface area contributed by atoms with E-state index in [-0.39, 0.29) is 24.4 Å². The molecule has 1 spiro atoms. The van der Waals surface area contributed by atoms with E-state index >= 15 is 0 Å². The van der Waals surface area contributed by atoms with Crippen molar-refractivity contribution in [3.63, 3.8) is 0 Å². The van der Waals surface area contributed by atoms with Crippen molar-refractivity contribution in [3.8, 4) is 0 Å². The van der Waals surface area contributed by atoms with Gasteiger partial charge in [-0.15, -0.1) is 0 Å². The summed E-state index contributed by atoms with van der Waals surface area (Å²) in [6.45, 7) is 9.94. The van der Waals surface area contributed by atoms with Gasteiger partial charge in [0.1, 0.15) is 12.1 Å². The molecule has 2 aliphatic rings. The predicted molar refractivity (Wildman–Crippen MR) is 145 cm³/mol. The Morgan fingerprint density at radius 3 is 2.10 bits per heavy atom. The normalized spacial score (nSPS) is 20.6. The van der Waals surface area contributed by atoms with Crippen LogP contribution in [0.3, 0.4) is 0 Å². The molecule has 1 aliphatic heterocycles. The zero-order valence-electron chi connectivity index (χ0n) is 24.6. The van der Waals surface area contributed by atoms with Crippen LogP contribution in [0.4, 0.5) is 13.6 Å². The quantitative estimate of drug-likeness (QED) is 0.279. The Kier molecular flexibility index (Phi) is 11.1.